The van der Waals surface area contributed by atoms with Gasteiger partial charge in [-0.1, -0.05) is 6.42 Å². The van der Waals surface area contributed by atoms with Crippen molar-refractivity contribution >= 4 is 11.9 Å². The molecule has 7 heteroatoms. The monoisotopic (exact) mass is 300 g/mol. The van der Waals surface area contributed by atoms with E-state index in [1.54, 1.807) is 24.7 Å². The van der Waals surface area contributed by atoms with E-state index in [0.29, 0.717) is 18.4 Å². The minimum absolute atomic E-state index is 0.171. The van der Waals surface area contributed by atoms with Gasteiger partial charge in [-0.3, -0.25) is 10.2 Å². The van der Waals surface area contributed by atoms with Crippen LogP contribution in [-0.4, -0.2) is 49.6 Å². The number of piperidine rings is 1. The van der Waals surface area contributed by atoms with Crippen LogP contribution >= 0.6 is 0 Å². The van der Waals surface area contributed by atoms with Gasteiger partial charge >= 0.3 is 0 Å². The molecule has 0 amide bonds. The molecule has 3 rings (SSSR count). The average molecular weight is 300 g/mol. The number of aliphatic hydroxyl groups is 1. The van der Waals surface area contributed by atoms with Gasteiger partial charge in [-0.25, -0.2) is 19.9 Å². The molecule has 1 aliphatic rings. The molecule has 2 N–H and O–H groups in total. The third-order valence-corrected chi connectivity index (χ3v) is 3.81. The summed E-state index contributed by atoms with van der Waals surface area (Å²) < 4.78 is 0. The quantitative estimate of drug-likeness (QED) is 0.865. The van der Waals surface area contributed by atoms with Gasteiger partial charge in [0.15, 0.2) is 0 Å². The number of β-amino-alcohol motifs (C(OH)–C–C–N with tert-alkyl or cyclic N) is 1. The molecule has 22 heavy (non-hydrogen) atoms. The molecule has 116 valence electrons. The molecule has 0 radical (unpaired) electrons. The Morgan fingerprint density at radius 3 is 2.77 bits per heavy atom. The van der Waals surface area contributed by atoms with Gasteiger partial charge in [0.2, 0.25) is 11.9 Å². The van der Waals surface area contributed by atoms with Crippen molar-refractivity contribution < 1.29 is 5.11 Å². The van der Waals surface area contributed by atoms with Crippen LogP contribution in [0.25, 0.3) is 0 Å². The number of hydrogen-bond donors (Lipinski definition) is 2. The molecule has 0 unspecified atom stereocenters. The predicted molar refractivity (Wildman–Crippen MR) is 82.6 cm³/mol. The zero-order chi connectivity index (χ0) is 15.2. The lowest BCUT2D eigenvalue weighted by Gasteiger charge is -2.34. The number of nitrogens with zero attached hydrogens (tertiary/aromatic N) is 5. The first-order chi connectivity index (χ1) is 10.9. The molecule has 3 heterocycles. The van der Waals surface area contributed by atoms with Crippen molar-refractivity contribution in [1.29, 1.82) is 0 Å². The number of anilines is 2. The molecule has 1 aliphatic heterocycles. The van der Waals surface area contributed by atoms with E-state index in [-0.39, 0.29) is 12.6 Å². The second kappa shape index (κ2) is 7.24. The lowest BCUT2D eigenvalue weighted by Crippen LogP contribution is -2.36. The van der Waals surface area contributed by atoms with Crippen LogP contribution in [0.4, 0.5) is 11.9 Å². The van der Waals surface area contributed by atoms with Gasteiger partial charge in [0.1, 0.15) is 0 Å². The highest BCUT2D eigenvalue weighted by atomic mass is 16.3. The highest BCUT2D eigenvalue weighted by Crippen LogP contribution is 2.29. The van der Waals surface area contributed by atoms with E-state index in [4.69, 9.17) is 0 Å². The predicted octanol–water partition coefficient (Wildman–Crippen LogP) is 1.53. The van der Waals surface area contributed by atoms with Crippen molar-refractivity contribution in [2.75, 3.05) is 25.0 Å². The Morgan fingerprint density at radius 1 is 1.14 bits per heavy atom. The second-order valence-electron chi connectivity index (χ2n) is 5.27. The molecule has 2 aromatic heterocycles. The number of nitrogens with one attached hydrogen (secondary N) is 1. The SMILES string of the molecule is OCCN1CCCC[C@@H]1c1ccnc(Nc2ncccn2)n1. The minimum atomic E-state index is 0.171. The molecule has 7 nitrogen and oxygen atoms in total. The Bertz CT molecular complexity index is 592. The Labute approximate surface area is 129 Å². The van der Waals surface area contributed by atoms with Crippen molar-refractivity contribution in [3.63, 3.8) is 0 Å². The number of hydrogen-bond acceptors (Lipinski definition) is 7. The van der Waals surface area contributed by atoms with Crippen LogP contribution in [0, 0.1) is 0 Å². The van der Waals surface area contributed by atoms with Crippen LogP contribution in [0.1, 0.15) is 31.0 Å². The maximum atomic E-state index is 9.23. The molecule has 2 aromatic rings. The Balaban J connectivity index is 1.77. The zero-order valence-corrected chi connectivity index (χ0v) is 12.4. The number of likely N-dealkylation sites (tertiary alicyclic amines) is 1. The maximum absolute atomic E-state index is 9.23. The fraction of sp³-hybridized carbons (Fsp3) is 0.467. The third kappa shape index (κ3) is 3.55. The van der Waals surface area contributed by atoms with E-state index >= 15 is 0 Å². The molecule has 0 aliphatic carbocycles. The van der Waals surface area contributed by atoms with Crippen molar-refractivity contribution in [3.8, 4) is 0 Å². The van der Waals surface area contributed by atoms with E-state index in [0.717, 1.165) is 18.7 Å². The standard InChI is InChI=1S/C15H20N6O/c22-11-10-21-9-2-1-4-13(21)12-5-8-18-15(19-12)20-14-16-6-3-7-17-14/h3,5-8,13,22H,1-2,4,9-11H2,(H,16,17,18,19,20)/t13-/m1/s1. The average Bonchev–Trinajstić information content (AvgIpc) is 2.57. The van der Waals surface area contributed by atoms with Gasteiger partial charge in [-0.2, -0.15) is 0 Å². The first-order valence-corrected chi connectivity index (χ1v) is 7.59. The maximum Gasteiger partial charge on any atom is 0.229 e. The Hall–Kier alpha value is -2.12. The van der Waals surface area contributed by atoms with Gasteiger partial charge in [0.05, 0.1) is 18.3 Å². The van der Waals surface area contributed by atoms with Crippen LogP contribution in [0.2, 0.25) is 0 Å². The molecule has 1 fully saturated rings. The first-order valence-electron chi connectivity index (χ1n) is 7.59. The van der Waals surface area contributed by atoms with E-state index in [9.17, 15) is 5.11 Å². The highest BCUT2D eigenvalue weighted by molar-refractivity contribution is 5.41. The summed E-state index contributed by atoms with van der Waals surface area (Å²) in [6, 6.07) is 3.94. The summed E-state index contributed by atoms with van der Waals surface area (Å²) in [7, 11) is 0. The topological polar surface area (TPSA) is 87.1 Å². The van der Waals surface area contributed by atoms with Crippen molar-refractivity contribution in [1.82, 2.24) is 24.8 Å². The Kier molecular flexibility index (Phi) is 4.87. The fourth-order valence-electron chi connectivity index (χ4n) is 2.80. The van der Waals surface area contributed by atoms with Crippen LogP contribution in [0.5, 0.6) is 0 Å². The van der Waals surface area contributed by atoms with Crippen LogP contribution in [0.15, 0.2) is 30.7 Å². The summed E-state index contributed by atoms with van der Waals surface area (Å²) in [5, 5.41) is 12.2. The lowest BCUT2D eigenvalue weighted by molar-refractivity contribution is 0.114. The second-order valence-corrected chi connectivity index (χ2v) is 5.27. The molecular weight excluding hydrogens is 280 g/mol. The number of rotatable bonds is 5. The Morgan fingerprint density at radius 2 is 1.95 bits per heavy atom. The van der Waals surface area contributed by atoms with Crippen LogP contribution in [0.3, 0.4) is 0 Å². The normalized spacial score (nSPS) is 19.0. The van der Waals surface area contributed by atoms with E-state index < -0.39 is 0 Å². The van der Waals surface area contributed by atoms with Gasteiger partial charge in [-0.05, 0) is 31.5 Å². The first kappa shape index (κ1) is 14.8. The highest BCUT2D eigenvalue weighted by Gasteiger charge is 2.24. The summed E-state index contributed by atoms with van der Waals surface area (Å²) >= 11 is 0. The molecule has 0 aromatic carbocycles. The zero-order valence-electron chi connectivity index (χ0n) is 12.4. The van der Waals surface area contributed by atoms with Crippen LogP contribution < -0.4 is 5.32 Å². The number of aliphatic hydroxyl groups excluding tert-OH is 1. The van der Waals surface area contributed by atoms with Gasteiger partial charge in [-0.15, -0.1) is 0 Å². The van der Waals surface area contributed by atoms with E-state index in [2.05, 4.69) is 30.2 Å². The summed E-state index contributed by atoms with van der Waals surface area (Å²) in [6.45, 7) is 1.85. The number of aromatic nitrogens is 4. The van der Waals surface area contributed by atoms with Gasteiger partial charge in [0, 0.05) is 25.1 Å². The molecular formula is C15H20N6O. The summed E-state index contributed by atoms with van der Waals surface area (Å²) in [5.74, 6) is 0.980. The largest absolute Gasteiger partial charge is 0.395 e. The molecule has 0 bridgehead atoms. The minimum Gasteiger partial charge on any atom is -0.395 e. The van der Waals surface area contributed by atoms with Crippen molar-refractivity contribution in [3.05, 3.63) is 36.4 Å². The third-order valence-electron chi connectivity index (χ3n) is 3.81. The van der Waals surface area contributed by atoms with Crippen LogP contribution in [-0.2, 0) is 0 Å². The van der Waals surface area contributed by atoms with Crippen molar-refractivity contribution in [2.24, 2.45) is 0 Å². The van der Waals surface area contributed by atoms with Gasteiger partial charge in [0.25, 0.3) is 0 Å². The van der Waals surface area contributed by atoms with E-state index in [1.807, 2.05) is 6.07 Å². The van der Waals surface area contributed by atoms with Crippen molar-refractivity contribution in [2.45, 2.75) is 25.3 Å². The molecule has 0 spiro atoms. The van der Waals surface area contributed by atoms with Gasteiger partial charge < -0.3 is 5.11 Å². The molecule has 1 atom stereocenters. The lowest BCUT2D eigenvalue weighted by atomic mass is 9.99. The smallest absolute Gasteiger partial charge is 0.229 e. The molecule has 1 saturated heterocycles. The summed E-state index contributed by atoms with van der Waals surface area (Å²) in [4.78, 5) is 19.3. The summed E-state index contributed by atoms with van der Waals surface area (Å²) in [5.41, 5.74) is 0.974. The fourth-order valence-corrected chi connectivity index (χ4v) is 2.80. The summed E-state index contributed by atoms with van der Waals surface area (Å²) in [6.07, 6.45) is 8.50. The molecule has 0 saturated carbocycles. The van der Waals surface area contributed by atoms with E-state index in [1.165, 1.54) is 12.8 Å².